The number of aromatic nitrogens is 3. The Labute approximate surface area is 103 Å². The third kappa shape index (κ3) is 2.40. The maximum Gasteiger partial charge on any atom is 0.145 e. The summed E-state index contributed by atoms with van der Waals surface area (Å²) in [5.41, 5.74) is 0.774. The van der Waals surface area contributed by atoms with Crippen molar-refractivity contribution in [1.29, 1.82) is 0 Å². The zero-order valence-corrected chi connectivity index (χ0v) is 9.67. The van der Waals surface area contributed by atoms with Crippen molar-refractivity contribution in [2.45, 2.75) is 6.10 Å². The number of ether oxygens (including phenoxy) is 2. The Kier molecular flexibility index (Phi) is 2.70. The zero-order chi connectivity index (χ0) is 11.7. The van der Waals surface area contributed by atoms with Crippen molar-refractivity contribution >= 4 is 11.6 Å². The van der Waals surface area contributed by atoms with Gasteiger partial charge in [0.15, 0.2) is 0 Å². The Balaban J connectivity index is 1.89. The van der Waals surface area contributed by atoms with Crippen molar-refractivity contribution in [1.82, 2.24) is 15.0 Å². The average Bonchev–Trinajstić information content (AvgIpc) is 3.00. The predicted molar refractivity (Wildman–Crippen MR) is 61.6 cm³/mol. The van der Waals surface area contributed by atoms with Crippen molar-refractivity contribution in [3.05, 3.63) is 35.6 Å². The van der Waals surface area contributed by atoms with Gasteiger partial charge < -0.3 is 9.47 Å². The molecule has 1 aliphatic heterocycles. The standard InChI is InChI=1S/C11H10ClN3O2/c12-8-1-2-11(17-7-9-6-16-9)10(5-8)15-4-3-13-14-15/h1-5,9H,6-7H2. The van der Waals surface area contributed by atoms with Crippen molar-refractivity contribution in [2.24, 2.45) is 0 Å². The highest BCUT2D eigenvalue weighted by Crippen LogP contribution is 2.26. The van der Waals surface area contributed by atoms with Crippen LogP contribution in [-0.4, -0.2) is 34.3 Å². The van der Waals surface area contributed by atoms with Crippen LogP contribution < -0.4 is 4.74 Å². The van der Waals surface area contributed by atoms with Crippen LogP contribution in [0.5, 0.6) is 5.75 Å². The zero-order valence-electron chi connectivity index (χ0n) is 8.91. The van der Waals surface area contributed by atoms with Gasteiger partial charge in [-0.05, 0) is 18.2 Å². The molecular weight excluding hydrogens is 242 g/mol. The molecule has 1 saturated heterocycles. The summed E-state index contributed by atoms with van der Waals surface area (Å²) in [4.78, 5) is 0. The van der Waals surface area contributed by atoms with Crippen LogP contribution in [0, 0.1) is 0 Å². The van der Waals surface area contributed by atoms with Crippen molar-refractivity contribution in [3.63, 3.8) is 0 Å². The fraction of sp³-hybridized carbons (Fsp3) is 0.273. The quantitative estimate of drug-likeness (QED) is 0.776. The summed E-state index contributed by atoms with van der Waals surface area (Å²) in [5, 5.41) is 8.32. The van der Waals surface area contributed by atoms with Crippen LogP contribution in [0.1, 0.15) is 0 Å². The molecule has 1 aromatic carbocycles. The number of hydrogen-bond acceptors (Lipinski definition) is 4. The molecule has 1 fully saturated rings. The molecule has 3 rings (SSSR count). The smallest absolute Gasteiger partial charge is 0.145 e. The van der Waals surface area contributed by atoms with Gasteiger partial charge in [-0.1, -0.05) is 16.8 Å². The van der Waals surface area contributed by atoms with Gasteiger partial charge in [-0.3, -0.25) is 0 Å². The van der Waals surface area contributed by atoms with E-state index >= 15 is 0 Å². The minimum Gasteiger partial charge on any atom is -0.489 e. The van der Waals surface area contributed by atoms with Gasteiger partial charge in [0.25, 0.3) is 0 Å². The Morgan fingerprint density at radius 1 is 1.53 bits per heavy atom. The molecule has 1 atom stereocenters. The minimum atomic E-state index is 0.217. The number of nitrogens with zero attached hydrogens (tertiary/aromatic N) is 3. The lowest BCUT2D eigenvalue weighted by molar-refractivity contribution is 0.262. The summed E-state index contributed by atoms with van der Waals surface area (Å²) >= 11 is 5.97. The third-order valence-corrected chi connectivity index (χ3v) is 2.65. The first-order valence-electron chi connectivity index (χ1n) is 5.23. The van der Waals surface area contributed by atoms with Gasteiger partial charge in [-0.2, -0.15) is 0 Å². The maximum atomic E-state index is 5.97. The number of hydrogen-bond donors (Lipinski definition) is 0. The van der Waals surface area contributed by atoms with Crippen molar-refractivity contribution in [2.75, 3.05) is 13.2 Å². The second-order valence-corrected chi connectivity index (χ2v) is 4.16. The SMILES string of the molecule is Clc1ccc(OCC2CO2)c(-n2ccnn2)c1. The molecule has 1 unspecified atom stereocenters. The van der Waals surface area contributed by atoms with E-state index in [0.717, 1.165) is 18.0 Å². The Morgan fingerprint density at radius 3 is 3.12 bits per heavy atom. The lowest BCUT2D eigenvalue weighted by atomic mass is 10.3. The molecule has 88 valence electrons. The molecule has 5 nitrogen and oxygen atoms in total. The number of benzene rings is 1. The van der Waals surface area contributed by atoms with Crippen LogP contribution in [0.4, 0.5) is 0 Å². The first-order valence-corrected chi connectivity index (χ1v) is 5.61. The van der Waals surface area contributed by atoms with E-state index < -0.39 is 0 Å². The van der Waals surface area contributed by atoms with Gasteiger partial charge in [0.2, 0.25) is 0 Å². The molecular formula is C11H10ClN3O2. The van der Waals surface area contributed by atoms with E-state index in [4.69, 9.17) is 21.1 Å². The van der Waals surface area contributed by atoms with Crippen LogP contribution in [-0.2, 0) is 4.74 Å². The summed E-state index contributed by atoms with van der Waals surface area (Å²) in [7, 11) is 0. The molecule has 2 heterocycles. The molecule has 0 N–H and O–H groups in total. The lowest BCUT2D eigenvalue weighted by Gasteiger charge is -2.10. The fourth-order valence-electron chi connectivity index (χ4n) is 1.48. The fourth-order valence-corrected chi connectivity index (χ4v) is 1.64. The minimum absolute atomic E-state index is 0.217. The first kappa shape index (κ1) is 10.6. The summed E-state index contributed by atoms with van der Waals surface area (Å²) in [6.45, 7) is 1.32. The van der Waals surface area contributed by atoms with Crippen LogP contribution >= 0.6 is 11.6 Å². The molecule has 1 aliphatic rings. The third-order valence-electron chi connectivity index (χ3n) is 2.42. The normalized spacial score (nSPS) is 18.1. The predicted octanol–water partition coefficient (Wildman–Crippen LogP) is 1.70. The molecule has 0 bridgehead atoms. The van der Waals surface area contributed by atoms with Crippen LogP contribution in [0.15, 0.2) is 30.6 Å². The van der Waals surface area contributed by atoms with Gasteiger partial charge in [0.1, 0.15) is 24.1 Å². The highest BCUT2D eigenvalue weighted by atomic mass is 35.5. The molecule has 17 heavy (non-hydrogen) atoms. The Bertz CT molecular complexity index is 511. The molecule has 0 spiro atoms. The molecule has 2 aromatic rings. The second-order valence-electron chi connectivity index (χ2n) is 3.73. The monoisotopic (exact) mass is 251 g/mol. The summed E-state index contributed by atoms with van der Waals surface area (Å²) in [6, 6.07) is 5.39. The average molecular weight is 252 g/mol. The van der Waals surface area contributed by atoms with E-state index in [-0.39, 0.29) is 6.10 Å². The van der Waals surface area contributed by atoms with Gasteiger partial charge in [-0.25, -0.2) is 4.68 Å². The van der Waals surface area contributed by atoms with Gasteiger partial charge in [0, 0.05) is 5.02 Å². The summed E-state index contributed by atoms with van der Waals surface area (Å²) in [5.74, 6) is 0.718. The topological polar surface area (TPSA) is 52.5 Å². The molecule has 0 aliphatic carbocycles. The first-order chi connectivity index (χ1) is 8.33. The lowest BCUT2D eigenvalue weighted by Crippen LogP contribution is -2.07. The molecule has 1 aromatic heterocycles. The maximum absolute atomic E-state index is 5.97. The van der Waals surface area contributed by atoms with E-state index in [2.05, 4.69) is 10.3 Å². The van der Waals surface area contributed by atoms with E-state index in [0.29, 0.717) is 11.6 Å². The number of rotatable bonds is 4. The highest BCUT2D eigenvalue weighted by molar-refractivity contribution is 6.30. The van der Waals surface area contributed by atoms with Gasteiger partial charge in [0.05, 0.1) is 19.0 Å². The van der Waals surface area contributed by atoms with E-state index in [1.165, 1.54) is 0 Å². The summed E-state index contributed by atoms with van der Waals surface area (Å²) < 4.78 is 12.4. The Hall–Kier alpha value is -1.59. The van der Waals surface area contributed by atoms with Gasteiger partial charge >= 0.3 is 0 Å². The molecule has 0 amide bonds. The Morgan fingerprint density at radius 2 is 2.41 bits per heavy atom. The van der Waals surface area contributed by atoms with E-state index in [1.807, 2.05) is 6.07 Å². The van der Waals surface area contributed by atoms with Crippen molar-refractivity contribution < 1.29 is 9.47 Å². The van der Waals surface area contributed by atoms with Crippen LogP contribution in [0.3, 0.4) is 0 Å². The van der Waals surface area contributed by atoms with Crippen LogP contribution in [0.25, 0.3) is 5.69 Å². The summed E-state index contributed by atoms with van der Waals surface area (Å²) in [6.07, 6.45) is 3.56. The number of epoxide rings is 1. The molecule has 0 radical (unpaired) electrons. The highest BCUT2D eigenvalue weighted by Gasteiger charge is 2.23. The number of halogens is 1. The van der Waals surface area contributed by atoms with Crippen molar-refractivity contribution in [3.8, 4) is 11.4 Å². The van der Waals surface area contributed by atoms with Gasteiger partial charge in [-0.15, -0.1) is 5.10 Å². The van der Waals surface area contributed by atoms with Crippen LogP contribution in [0.2, 0.25) is 5.02 Å². The largest absolute Gasteiger partial charge is 0.489 e. The second kappa shape index (κ2) is 4.35. The molecule has 0 saturated carbocycles. The van der Waals surface area contributed by atoms with E-state index in [9.17, 15) is 0 Å². The van der Waals surface area contributed by atoms with E-state index in [1.54, 1.807) is 29.2 Å². The molecule has 6 heteroatoms.